The first-order valence-corrected chi connectivity index (χ1v) is 11.3. The molecule has 0 fully saturated rings. The molecule has 1 N–H and O–H groups in total. The molecule has 0 aliphatic rings. The fraction of sp³-hybridized carbons (Fsp3) is 0.385. The van der Waals surface area contributed by atoms with Crippen LogP contribution in [-0.2, 0) is 17.8 Å². The number of aromatic nitrogens is 1. The van der Waals surface area contributed by atoms with E-state index < -0.39 is 6.16 Å². The first-order valence-electron chi connectivity index (χ1n) is 11.3. The Morgan fingerprint density at radius 2 is 1.62 bits per heavy atom. The third-order valence-corrected chi connectivity index (χ3v) is 5.44. The average Bonchev–Trinajstić information content (AvgIpc) is 3.17. The van der Waals surface area contributed by atoms with Crippen LogP contribution in [0.2, 0.25) is 0 Å². The zero-order valence-corrected chi connectivity index (χ0v) is 18.6. The second kappa shape index (κ2) is 11.9. The van der Waals surface area contributed by atoms with Crippen molar-refractivity contribution in [2.45, 2.75) is 58.4 Å². The summed E-state index contributed by atoms with van der Waals surface area (Å²) in [5, 5.41) is 9.52. The molecule has 0 bridgehead atoms. The second-order valence-corrected chi connectivity index (χ2v) is 8.02. The monoisotopic (exact) mass is 437 g/mol. The summed E-state index contributed by atoms with van der Waals surface area (Å²) < 4.78 is 12.2. The second-order valence-electron chi connectivity index (χ2n) is 8.02. The van der Waals surface area contributed by atoms with Gasteiger partial charge >= 0.3 is 6.16 Å². The lowest BCUT2D eigenvalue weighted by Crippen LogP contribution is -2.17. The maximum absolute atomic E-state index is 12.4. The minimum atomic E-state index is -1.36. The van der Waals surface area contributed by atoms with Crippen molar-refractivity contribution in [1.82, 2.24) is 4.57 Å². The van der Waals surface area contributed by atoms with Crippen LogP contribution < -0.4 is 9.47 Å². The molecular formula is C26H31NO5. The highest BCUT2D eigenvalue weighted by Gasteiger charge is 2.10. The first kappa shape index (κ1) is 23.4. The van der Waals surface area contributed by atoms with Gasteiger partial charge in [0, 0.05) is 17.1 Å². The molecule has 1 aromatic heterocycles. The van der Waals surface area contributed by atoms with E-state index in [-0.39, 0.29) is 24.7 Å². The predicted octanol–water partition coefficient (Wildman–Crippen LogP) is 6.25. The molecule has 2 aromatic carbocycles. The zero-order valence-electron chi connectivity index (χ0n) is 18.6. The number of unbranched alkanes of at least 4 members (excludes halogenated alkanes) is 5. The van der Waals surface area contributed by atoms with Gasteiger partial charge < -0.3 is 19.1 Å². The van der Waals surface area contributed by atoms with Gasteiger partial charge in [-0.1, -0.05) is 51.2 Å². The number of ketones is 1. The molecule has 0 saturated heterocycles. The van der Waals surface area contributed by atoms with E-state index in [0.29, 0.717) is 5.75 Å². The van der Waals surface area contributed by atoms with E-state index in [4.69, 9.17) is 9.84 Å². The number of aryl methyl sites for hydroxylation is 1. The molecule has 32 heavy (non-hydrogen) atoms. The number of hydrogen-bond acceptors (Lipinski definition) is 4. The molecule has 3 rings (SSSR count). The topological polar surface area (TPSA) is 77.8 Å². The summed E-state index contributed by atoms with van der Waals surface area (Å²) in [6.45, 7) is 2.41. The van der Waals surface area contributed by atoms with Gasteiger partial charge in [0.15, 0.2) is 5.78 Å². The minimum Gasteiger partial charge on any atom is -0.486 e. The molecule has 0 radical (unpaired) electrons. The summed E-state index contributed by atoms with van der Waals surface area (Å²) in [5.74, 6) is 0.889. The highest BCUT2D eigenvalue weighted by atomic mass is 16.7. The molecule has 0 atom stereocenters. The van der Waals surface area contributed by atoms with Gasteiger partial charge in [-0.15, -0.1) is 0 Å². The zero-order chi connectivity index (χ0) is 22.8. The van der Waals surface area contributed by atoms with Crippen LogP contribution in [0.4, 0.5) is 4.79 Å². The van der Waals surface area contributed by atoms with Crippen molar-refractivity contribution >= 4 is 22.8 Å². The van der Waals surface area contributed by atoms with Gasteiger partial charge in [0.1, 0.15) is 18.1 Å². The van der Waals surface area contributed by atoms with E-state index in [2.05, 4.69) is 23.8 Å². The molecule has 3 aromatic rings. The number of carboxylic acid groups (broad SMARTS) is 1. The Morgan fingerprint density at radius 3 is 2.38 bits per heavy atom. The lowest BCUT2D eigenvalue weighted by Gasteiger charge is -2.09. The van der Waals surface area contributed by atoms with Crippen molar-refractivity contribution in [2.24, 2.45) is 0 Å². The Hall–Kier alpha value is -3.28. The van der Waals surface area contributed by atoms with E-state index in [1.807, 2.05) is 22.8 Å². The number of carbonyl (C=O) groups excluding carboxylic acids is 1. The van der Waals surface area contributed by atoms with Crippen molar-refractivity contribution in [3.63, 3.8) is 0 Å². The number of hydrogen-bond donors (Lipinski definition) is 1. The Labute approximate surface area is 188 Å². The Bertz CT molecular complexity index is 1020. The number of ether oxygens (including phenoxy) is 2. The third-order valence-electron chi connectivity index (χ3n) is 5.44. The van der Waals surface area contributed by atoms with Crippen molar-refractivity contribution in [3.8, 4) is 11.5 Å². The van der Waals surface area contributed by atoms with Gasteiger partial charge in [-0.05, 0) is 54.8 Å². The Kier molecular flexibility index (Phi) is 8.72. The van der Waals surface area contributed by atoms with Crippen LogP contribution in [-0.4, -0.2) is 28.2 Å². The maximum atomic E-state index is 12.4. The predicted molar refractivity (Wildman–Crippen MR) is 125 cm³/mol. The molecule has 0 aliphatic heterocycles. The van der Waals surface area contributed by atoms with Crippen LogP contribution in [0.1, 0.15) is 51.0 Å². The van der Waals surface area contributed by atoms with Crippen LogP contribution in [0.15, 0.2) is 54.7 Å². The minimum absolute atomic E-state index is 0.00332. The number of carbonyl (C=O) groups is 2. The SMILES string of the molecule is CCCCCCCCc1ccc(OCC(=O)Cn2ccc3cc(OC(=O)O)ccc32)cc1. The van der Waals surface area contributed by atoms with Crippen LogP contribution >= 0.6 is 0 Å². The molecule has 170 valence electrons. The van der Waals surface area contributed by atoms with E-state index in [0.717, 1.165) is 17.3 Å². The molecule has 0 unspecified atom stereocenters. The van der Waals surface area contributed by atoms with Gasteiger partial charge in [-0.2, -0.15) is 0 Å². The lowest BCUT2D eigenvalue weighted by molar-refractivity contribution is -0.121. The van der Waals surface area contributed by atoms with Crippen molar-refractivity contribution in [1.29, 1.82) is 0 Å². The molecule has 0 amide bonds. The summed E-state index contributed by atoms with van der Waals surface area (Å²) >= 11 is 0. The summed E-state index contributed by atoms with van der Waals surface area (Å²) in [4.78, 5) is 23.1. The van der Waals surface area contributed by atoms with Crippen LogP contribution in [0, 0.1) is 0 Å². The van der Waals surface area contributed by atoms with Gasteiger partial charge in [0.2, 0.25) is 0 Å². The summed E-state index contributed by atoms with van der Waals surface area (Å²) in [6.07, 6.45) is 9.24. The van der Waals surface area contributed by atoms with Gasteiger partial charge in [0.25, 0.3) is 0 Å². The molecule has 1 heterocycles. The molecular weight excluding hydrogens is 406 g/mol. The lowest BCUT2D eigenvalue weighted by atomic mass is 10.0. The summed E-state index contributed by atoms with van der Waals surface area (Å²) in [6, 6.07) is 14.8. The van der Waals surface area contributed by atoms with Crippen molar-refractivity contribution < 1.29 is 24.2 Å². The van der Waals surface area contributed by atoms with Crippen molar-refractivity contribution in [2.75, 3.05) is 6.61 Å². The van der Waals surface area contributed by atoms with E-state index in [1.165, 1.54) is 44.1 Å². The van der Waals surface area contributed by atoms with Crippen molar-refractivity contribution in [3.05, 3.63) is 60.3 Å². The number of benzene rings is 2. The normalized spacial score (nSPS) is 10.9. The van der Waals surface area contributed by atoms with E-state index >= 15 is 0 Å². The maximum Gasteiger partial charge on any atom is 0.511 e. The standard InChI is InChI=1S/C26H31NO5/c1-2-3-4-5-6-7-8-20-9-11-23(12-10-20)31-19-22(28)18-27-16-15-21-17-24(32-26(29)30)13-14-25(21)27/h9-17H,2-8,18-19H2,1H3,(H,29,30). The number of nitrogens with zero attached hydrogens (tertiary/aromatic N) is 1. The first-order chi connectivity index (χ1) is 15.5. The smallest absolute Gasteiger partial charge is 0.486 e. The van der Waals surface area contributed by atoms with Gasteiger partial charge in [-0.3, -0.25) is 4.79 Å². The fourth-order valence-corrected chi connectivity index (χ4v) is 3.74. The quantitative estimate of drug-likeness (QED) is 0.194. The highest BCUT2D eigenvalue weighted by Crippen LogP contribution is 2.22. The Morgan fingerprint density at radius 1 is 0.906 bits per heavy atom. The van der Waals surface area contributed by atoms with Crippen LogP contribution in [0.25, 0.3) is 10.9 Å². The fourth-order valence-electron chi connectivity index (χ4n) is 3.74. The van der Waals surface area contributed by atoms with E-state index in [9.17, 15) is 9.59 Å². The molecule has 6 heteroatoms. The average molecular weight is 438 g/mol. The molecule has 6 nitrogen and oxygen atoms in total. The molecule has 0 saturated carbocycles. The summed E-state index contributed by atoms with van der Waals surface area (Å²) in [7, 11) is 0. The Balaban J connectivity index is 1.44. The number of rotatable bonds is 13. The highest BCUT2D eigenvalue weighted by molar-refractivity contribution is 5.86. The van der Waals surface area contributed by atoms with Gasteiger partial charge in [0.05, 0.1) is 6.54 Å². The van der Waals surface area contributed by atoms with Gasteiger partial charge in [-0.25, -0.2) is 4.79 Å². The van der Waals surface area contributed by atoms with Crippen LogP contribution in [0.3, 0.4) is 0 Å². The molecule has 0 spiro atoms. The summed E-state index contributed by atoms with van der Waals surface area (Å²) in [5.41, 5.74) is 2.12. The molecule has 0 aliphatic carbocycles. The number of fused-ring (bicyclic) bond motifs is 1. The van der Waals surface area contributed by atoms with E-state index in [1.54, 1.807) is 24.4 Å². The third kappa shape index (κ3) is 7.15. The largest absolute Gasteiger partial charge is 0.511 e. The number of Topliss-reactive ketones (excluding diaryl/α,β-unsaturated/α-hetero) is 1. The van der Waals surface area contributed by atoms with Crippen LogP contribution in [0.5, 0.6) is 11.5 Å².